The van der Waals surface area contributed by atoms with Crippen LogP contribution >= 0.6 is 23.2 Å². The van der Waals surface area contributed by atoms with Gasteiger partial charge in [-0.05, 0) is 42.7 Å². The summed E-state index contributed by atoms with van der Waals surface area (Å²) in [5.41, 5.74) is 3.30. The molecule has 2 aliphatic heterocycles. The molecule has 1 aromatic heterocycles. The van der Waals surface area contributed by atoms with E-state index in [1.54, 1.807) is 24.5 Å². The molecule has 1 fully saturated rings. The third-order valence-electron chi connectivity index (χ3n) is 5.61. The lowest BCUT2D eigenvalue weighted by molar-refractivity contribution is -0.147. The van der Waals surface area contributed by atoms with Gasteiger partial charge in [-0.2, -0.15) is 0 Å². The van der Waals surface area contributed by atoms with Gasteiger partial charge < -0.3 is 14.5 Å². The first-order valence-corrected chi connectivity index (χ1v) is 10.3. The number of carbonyl (C=O) groups is 2. The molecule has 2 aliphatic rings. The van der Waals surface area contributed by atoms with Crippen molar-refractivity contribution in [3.8, 4) is 0 Å². The highest BCUT2D eigenvalue weighted by Gasteiger charge is 2.36. The van der Waals surface area contributed by atoms with Gasteiger partial charge in [-0.25, -0.2) is 0 Å². The molecule has 1 amide bonds. The van der Waals surface area contributed by atoms with E-state index in [2.05, 4.69) is 4.98 Å². The first-order valence-electron chi connectivity index (χ1n) is 9.53. The summed E-state index contributed by atoms with van der Waals surface area (Å²) in [5.74, 6) is -0.0737. The lowest BCUT2D eigenvalue weighted by Crippen LogP contribution is -2.53. The third-order valence-corrected chi connectivity index (χ3v) is 6.14. The molecule has 0 spiro atoms. The van der Waals surface area contributed by atoms with Gasteiger partial charge in [-0.15, -0.1) is 0 Å². The smallest absolute Gasteiger partial charge is 0.254 e. The second-order valence-electron chi connectivity index (χ2n) is 7.28. The molecule has 2 aromatic rings. The van der Waals surface area contributed by atoms with Crippen LogP contribution in [0.2, 0.25) is 10.0 Å². The Morgan fingerprint density at radius 2 is 2.14 bits per heavy atom. The van der Waals surface area contributed by atoms with Crippen molar-refractivity contribution in [1.82, 2.24) is 9.88 Å². The van der Waals surface area contributed by atoms with Gasteiger partial charge in [0.1, 0.15) is 0 Å². The minimum Gasteiger partial charge on any atom is -0.365 e. The maximum Gasteiger partial charge on any atom is 0.254 e. The number of pyridine rings is 1. The number of hydrogen-bond acceptors (Lipinski definition) is 5. The monoisotopic (exact) mass is 433 g/mol. The molecule has 0 bridgehead atoms. The van der Waals surface area contributed by atoms with Gasteiger partial charge in [0.05, 0.1) is 31.1 Å². The summed E-state index contributed by atoms with van der Waals surface area (Å²) in [6.07, 6.45) is 4.12. The van der Waals surface area contributed by atoms with Gasteiger partial charge in [-0.3, -0.25) is 14.6 Å². The molecule has 1 aromatic carbocycles. The average Bonchev–Trinajstić information content (AvgIpc) is 2.73. The fraction of sp³-hybridized carbons (Fsp3) is 0.381. The fourth-order valence-corrected chi connectivity index (χ4v) is 4.86. The van der Waals surface area contributed by atoms with Crippen LogP contribution in [0.25, 0.3) is 0 Å². The summed E-state index contributed by atoms with van der Waals surface area (Å²) < 4.78 is 5.81. The summed E-state index contributed by atoms with van der Waals surface area (Å²) in [4.78, 5) is 32.6. The maximum atomic E-state index is 13.3. The summed E-state index contributed by atoms with van der Waals surface area (Å²) in [5, 5.41) is 1.18. The number of ether oxygens (including phenoxy) is 1. The van der Waals surface area contributed by atoms with E-state index in [1.165, 1.54) is 0 Å². The molecule has 0 unspecified atom stereocenters. The maximum absolute atomic E-state index is 13.3. The SMILES string of the molecule is C[C@H]1c2c(Cl)cc(Cl)cc2CCN1C(=O)[C@H]1CN(c2cnccc2C=O)CCO1. The molecule has 29 heavy (non-hydrogen) atoms. The van der Waals surface area contributed by atoms with Crippen LogP contribution in [-0.4, -0.2) is 54.4 Å². The van der Waals surface area contributed by atoms with E-state index in [0.717, 1.165) is 23.1 Å². The molecule has 6 nitrogen and oxygen atoms in total. The largest absolute Gasteiger partial charge is 0.365 e. The van der Waals surface area contributed by atoms with Crippen molar-refractivity contribution < 1.29 is 14.3 Å². The van der Waals surface area contributed by atoms with E-state index in [4.69, 9.17) is 27.9 Å². The van der Waals surface area contributed by atoms with E-state index in [0.29, 0.717) is 48.3 Å². The Hall–Kier alpha value is -2.15. The Kier molecular flexibility index (Phi) is 5.76. The Labute approximate surface area is 179 Å². The number of amides is 1. The minimum atomic E-state index is -0.612. The number of nitrogens with zero attached hydrogens (tertiary/aromatic N) is 3. The van der Waals surface area contributed by atoms with E-state index >= 15 is 0 Å². The highest BCUT2D eigenvalue weighted by atomic mass is 35.5. The minimum absolute atomic E-state index is 0.0737. The number of rotatable bonds is 3. The standard InChI is InChI=1S/C21H21Cl2N3O3/c1-13-20-14(8-16(22)9-17(20)23)3-5-26(13)21(28)19-11-25(6-7-29-19)18-10-24-4-2-15(18)12-27/h2,4,8-10,12-13,19H,3,5-7,11H2,1H3/t13-,19+/m0/s1. The summed E-state index contributed by atoms with van der Waals surface area (Å²) in [7, 11) is 0. The fourth-order valence-electron chi connectivity index (χ4n) is 4.17. The van der Waals surface area contributed by atoms with Crippen LogP contribution in [0.1, 0.15) is 34.5 Å². The molecule has 0 saturated carbocycles. The Morgan fingerprint density at radius 1 is 1.31 bits per heavy atom. The molecule has 8 heteroatoms. The van der Waals surface area contributed by atoms with E-state index in [1.807, 2.05) is 22.8 Å². The number of anilines is 1. The number of aldehydes is 1. The van der Waals surface area contributed by atoms with E-state index < -0.39 is 6.10 Å². The van der Waals surface area contributed by atoms with Crippen molar-refractivity contribution >= 4 is 41.1 Å². The molecule has 0 radical (unpaired) electrons. The van der Waals surface area contributed by atoms with E-state index in [-0.39, 0.29) is 11.9 Å². The van der Waals surface area contributed by atoms with Crippen molar-refractivity contribution in [3.63, 3.8) is 0 Å². The molecule has 1 saturated heterocycles. The molecule has 0 N–H and O–H groups in total. The number of benzene rings is 1. The number of aromatic nitrogens is 1. The van der Waals surface area contributed by atoms with Crippen molar-refractivity contribution in [3.05, 3.63) is 57.3 Å². The van der Waals surface area contributed by atoms with Crippen LogP contribution < -0.4 is 4.90 Å². The predicted octanol–water partition coefficient (Wildman–Crippen LogP) is 3.55. The zero-order valence-corrected chi connectivity index (χ0v) is 17.5. The van der Waals surface area contributed by atoms with Gasteiger partial charge in [0.15, 0.2) is 12.4 Å². The predicted molar refractivity (Wildman–Crippen MR) is 112 cm³/mol. The summed E-state index contributed by atoms with van der Waals surface area (Å²) >= 11 is 12.6. The van der Waals surface area contributed by atoms with Gasteiger partial charge in [0, 0.05) is 34.9 Å². The van der Waals surface area contributed by atoms with Gasteiger partial charge in [0.25, 0.3) is 5.91 Å². The first-order chi connectivity index (χ1) is 14.0. The van der Waals surface area contributed by atoms with Crippen LogP contribution in [0.15, 0.2) is 30.6 Å². The van der Waals surface area contributed by atoms with Crippen LogP contribution in [0, 0.1) is 0 Å². The molecular formula is C21H21Cl2N3O3. The number of carbonyl (C=O) groups excluding carboxylic acids is 2. The number of halogens is 2. The molecule has 4 rings (SSSR count). The van der Waals surface area contributed by atoms with Crippen LogP contribution in [0.5, 0.6) is 0 Å². The lowest BCUT2D eigenvalue weighted by Gasteiger charge is -2.40. The summed E-state index contributed by atoms with van der Waals surface area (Å²) in [6, 6.07) is 5.14. The molecule has 0 aliphatic carbocycles. The van der Waals surface area contributed by atoms with Crippen LogP contribution in [0.3, 0.4) is 0 Å². The summed E-state index contributed by atoms with van der Waals surface area (Å²) in [6.45, 7) is 3.92. The highest BCUT2D eigenvalue weighted by molar-refractivity contribution is 6.35. The van der Waals surface area contributed by atoms with Crippen LogP contribution in [0.4, 0.5) is 5.69 Å². The second-order valence-corrected chi connectivity index (χ2v) is 8.12. The number of hydrogen-bond donors (Lipinski definition) is 0. The lowest BCUT2D eigenvalue weighted by atomic mass is 9.93. The Morgan fingerprint density at radius 3 is 2.93 bits per heavy atom. The van der Waals surface area contributed by atoms with Crippen molar-refractivity contribution in [2.45, 2.75) is 25.5 Å². The van der Waals surface area contributed by atoms with Crippen molar-refractivity contribution in [1.29, 1.82) is 0 Å². The third kappa shape index (κ3) is 3.84. The van der Waals surface area contributed by atoms with Gasteiger partial charge >= 0.3 is 0 Å². The van der Waals surface area contributed by atoms with Crippen molar-refractivity contribution in [2.24, 2.45) is 0 Å². The second kappa shape index (κ2) is 8.30. The molecule has 2 atom stereocenters. The van der Waals surface area contributed by atoms with Gasteiger partial charge in [0.2, 0.25) is 0 Å². The zero-order valence-electron chi connectivity index (χ0n) is 16.0. The van der Waals surface area contributed by atoms with Crippen molar-refractivity contribution in [2.75, 3.05) is 31.1 Å². The molecular weight excluding hydrogens is 413 g/mol. The molecule has 152 valence electrons. The van der Waals surface area contributed by atoms with Crippen LogP contribution in [-0.2, 0) is 16.0 Å². The van der Waals surface area contributed by atoms with E-state index in [9.17, 15) is 9.59 Å². The zero-order chi connectivity index (χ0) is 20.5. The molecule has 3 heterocycles. The normalized spacial score (nSPS) is 21.6. The average molecular weight is 434 g/mol. The van der Waals surface area contributed by atoms with Gasteiger partial charge in [-0.1, -0.05) is 23.2 Å². The Balaban J connectivity index is 1.54. The quantitative estimate of drug-likeness (QED) is 0.692. The number of morpholine rings is 1. The number of fused-ring (bicyclic) bond motifs is 1. The Bertz CT molecular complexity index is 953. The highest BCUT2D eigenvalue weighted by Crippen LogP contribution is 2.37. The topological polar surface area (TPSA) is 62.7 Å². The first kappa shape index (κ1) is 20.1.